The summed E-state index contributed by atoms with van der Waals surface area (Å²) in [5.41, 5.74) is 6.72. The Labute approximate surface area is 226 Å². The second-order valence-corrected chi connectivity index (χ2v) is 10.7. The molecule has 1 spiro atoms. The number of amides is 2. The van der Waals surface area contributed by atoms with Crippen LogP contribution in [-0.4, -0.2) is 53.6 Å². The molecule has 39 heavy (non-hydrogen) atoms. The molecular formula is C28H34F2N6O3. The highest BCUT2D eigenvalue weighted by atomic mass is 19.1. The predicted molar refractivity (Wildman–Crippen MR) is 143 cm³/mol. The Hall–Kier alpha value is -3.76. The van der Waals surface area contributed by atoms with Crippen molar-refractivity contribution in [2.75, 3.05) is 13.7 Å². The molecule has 1 unspecified atom stereocenters. The SMILES string of the molecule is COc1c(F)cc(C2=NC3(CCCCC3)N(C(C3=CC=C(C(=O)NCC(N)=NN)CC3)C3CC3)C2=O)cc1F. The lowest BCUT2D eigenvalue weighted by molar-refractivity contribution is -0.132. The van der Waals surface area contributed by atoms with Crippen molar-refractivity contribution in [2.24, 2.45) is 27.6 Å². The van der Waals surface area contributed by atoms with Gasteiger partial charge in [0.25, 0.3) is 5.91 Å². The zero-order valence-corrected chi connectivity index (χ0v) is 22.0. The van der Waals surface area contributed by atoms with Gasteiger partial charge < -0.3 is 26.5 Å². The first kappa shape index (κ1) is 26.8. The second kappa shape index (κ2) is 10.8. The number of hydrazone groups is 1. The Morgan fingerprint density at radius 3 is 2.46 bits per heavy atom. The van der Waals surface area contributed by atoms with E-state index in [1.807, 2.05) is 11.0 Å². The lowest BCUT2D eigenvalue weighted by atomic mass is 9.84. The summed E-state index contributed by atoms with van der Waals surface area (Å²) in [5.74, 6) is 2.77. The quantitative estimate of drug-likeness (QED) is 0.202. The molecule has 0 aromatic heterocycles. The molecule has 0 bridgehead atoms. The fraction of sp³-hybridized carbons (Fsp3) is 0.500. The molecule has 4 aliphatic rings. The molecule has 3 aliphatic carbocycles. The van der Waals surface area contributed by atoms with Crippen LogP contribution in [0.15, 0.2) is 45.5 Å². The van der Waals surface area contributed by atoms with Crippen LogP contribution in [-0.2, 0) is 9.59 Å². The average Bonchev–Trinajstić information content (AvgIpc) is 3.74. The van der Waals surface area contributed by atoms with Gasteiger partial charge in [-0.1, -0.05) is 18.6 Å². The summed E-state index contributed by atoms with van der Waals surface area (Å²) < 4.78 is 34.1. The molecule has 11 heteroatoms. The number of amidine groups is 1. The smallest absolute Gasteiger partial charge is 0.275 e. The highest BCUT2D eigenvalue weighted by molar-refractivity contribution is 6.47. The van der Waals surface area contributed by atoms with Crippen LogP contribution in [0.1, 0.15) is 63.4 Å². The Bertz CT molecular complexity index is 1270. The van der Waals surface area contributed by atoms with E-state index >= 15 is 0 Å². The van der Waals surface area contributed by atoms with Gasteiger partial charge in [0, 0.05) is 11.1 Å². The fourth-order valence-corrected chi connectivity index (χ4v) is 6.06. The third kappa shape index (κ3) is 5.14. The molecule has 2 fully saturated rings. The summed E-state index contributed by atoms with van der Waals surface area (Å²) in [6, 6.07) is 2.06. The van der Waals surface area contributed by atoms with Crippen molar-refractivity contribution >= 4 is 23.4 Å². The maximum Gasteiger partial charge on any atom is 0.275 e. The van der Waals surface area contributed by atoms with E-state index in [2.05, 4.69) is 10.4 Å². The Kier molecular flexibility index (Phi) is 7.42. The van der Waals surface area contributed by atoms with E-state index in [4.69, 9.17) is 21.3 Å². The number of aliphatic imine (C=N–C) groups is 1. The first-order chi connectivity index (χ1) is 18.8. The summed E-state index contributed by atoms with van der Waals surface area (Å²) >= 11 is 0. The van der Waals surface area contributed by atoms with Gasteiger partial charge in [-0.3, -0.25) is 14.6 Å². The van der Waals surface area contributed by atoms with Crippen LogP contribution in [0.25, 0.3) is 0 Å². The maximum atomic E-state index is 14.6. The zero-order chi connectivity index (χ0) is 27.7. The number of nitrogens with two attached hydrogens (primary N) is 2. The number of hydrogen-bond donors (Lipinski definition) is 3. The van der Waals surface area contributed by atoms with Crippen LogP contribution in [0.2, 0.25) is 0 Å². The summed E-state index contributed by atoms with van der Waals surface area (Å²) in [6.07, 6.45) is 11.1. The van der Waals surface area contributed by atoms with E-state index in [0.29, 0.717) is 31.3 Å². The Morgan fingerprint density at radius 1 is 1.21 bits per heavy atom. The Morgan fingerprint density at radius 2 is 1.90 bits per heavy atom. The number of allylic oxidation sites excluding steroid dienone is 2. The van der Waals surface area contributed by atoms with Crippen LogP contribution in [0.5, 0.6) is 5.75 Å². The summed E-state index contributed by atoms with van der Waals surface area (Å²) in [5, 5.41) is 6.07. The number of benzene rings is 1. The molecular weight excluding hydrogens is 506 g/mol. The second-order valence-electron chi connectivity index (χ2n) is 10.7. The molecule has 208 valence electrons. The molecule has 0 saturated heterocycles. The highest BCUT2D eigenvalue weighted by Gasteiger charge is 2.54. The van der Waals surface area contributed by atoms with Gasteiger partial charge in [-0.05, 0) is 75.0 Å². The topological polar surface area (TPSA) is 135 Å². The zero-order valence-electron chi connectivity index (χ0n) is 22.0. The number of nitrogens with zero attached hydrogens (tertiary/aromatic N) is 3. The number of hydrogen-bond acceptors (Lipinski definition) is 6. The van der Waals surface area contributed by atoms with Gasteiger partial charge in [0.1, 0.15) is 17.2 Å². The first-order valence-electron chi connectivity index (χ1n) is 13.4. The minimum atomic E-state index is -0.872. The number of carbonyl (C=O) groups is 2. The molecule has 2 amide bonds. The first-order valence-corrected chi connectivity index (χ1v) is 13.4. The van der Waals surface area contributed by atoms with Crippen LogP contribution in [0, 0.1) is 17.6 Å². The standard InChI is InChI=1S/C28H34F2N6O3/c1-39-25-20(29)13-19(14-21(25)30)23-27(38)36(28(34-23)11-3-2-4-12-28)24(16-5-6-16)17-7-9-18(10-8-17)26(37)33-15-22(31)35-32/h7,9,13-14,16,24H,2-6,8,10-12,15,32H2,1H3,(H2,31,35)(H,33,37). The predicted octanol–water partition coefficient (Wildman–Crippen LogP) is 3.04. The van der Waals surface area contributed by atoms with Crippen LogP contribution >= 0.6 is 0 Å². The van der Waals surface area contributed by atoms with E-state index in [1.165, 1.54) is 7.11 Å². The van der Waals surface area contributed by atoms with Crippen LogP contribution in [0.4, 0.5) is 8.78 Å². The third-order valence-corrected chi connectivity index (χ3v) is 8.12. The van der Waals surface area contributed by atoms with Crippen molar-refractivity contribution < 1.29 is 23.1 Å². The summed E-state index contributed by atoms with van der Waals surface area (Å²) in [4.78, 5) is 33.5. The van der Waals surface area contributed by atoms with Crippen molar-refractivity contribution in [1.82, 2.24) is 10.2 Å². The number of carbonyl (C=O) groups excluding carboxylic acids is 2. The van der Waals surface area contributed by atoms with E-state index in [0.717, 1.165) is 49.8 Å². The number of rotatable bonds is 8. The molecule has 9 nitrogen and oxygen atoms in total. The molecule has 5 rings (SSSR count). The lowest BCUT2D eigenvalue weighted by Crippen LogP contribution is -2.55. The minimum absolute atomic E-state index is 0.0609. The Balaban J connectivity index is 1.47. The molecule has 1 aromatic carbocycles. The van der Waals surface area contributed by atoms with Crippen molar-refractivity contribution in [3.05, 3.63) is 52.6 Å². The highest BCUT2D eigenvalue weighted by Crippen LogP contribution is 2.49. The number of methoxy groups -OCH3 is 1. The summed E-state index contributed by atoms with van der Waals surface area (Å²) in [7, 11) is 1.20. The van der Waals surface area contributed by atoms with Crippen LogP contribution < -0.4 is 21.6 Å². The normalized spacial score (nSPS) is 21.8. The molecule has 1 atom stereocenters. The van der Waals surface area contributed by atoms with Crippen LogP contribution in [0.3, 0.4) is 0 Å². The maximum absolute atomic E-state index is 14.6. The molecule has 0 radical (unpaired) electrons. The molecule has 1 aliphatic heterocycles. The fourth-order valence-electron chi connectivity index (χ4n) is 6.06. The van der Waals surface area contributed by atoms with Crippen molar-refractivity contribution in [2.45, 2.75) is 69.5 Å². The number of halogens is 2. The minimum Gasteiger partial charge on any atom is -0.491 e. The number of ether oxygens (including phenoxy) is 1. The van der Waals surface area contributed by atoms with Gasteiger partial charge >= 0.3 is 0 Å². The number of nitrogens with one attached hydrogen (secondary N) is 1. The molecule has 1 aromatic rings. The average molecular weight is 541 g/mol. The monoisotopic (exact) mass is 540 g/mol. The van der Waals surface area contributed by atoms with Gasteiger partial charge in [0.15, 0.2) is 17.4 Å². The van der Waals surface area contributed by atoms with Gasteiger partial charge in [-0.15, -0.1) is 0 Å². The lowest BCUT2D eigenvalue weighted by Gasteiger charge is -2.45. The van der Waals surface area contributed by atoms with Gasteiger partial charge in [-0.25, -0.2) is 8.78 Å². The summed E-state index contributed by atoms with van der Waals surface area (Å²) in [6.45, 7) is 0.0609. The van der Waals surface area contributed by atoms with E-state index < -0.39 is 23.0 Å². The van der Waals surface area contributed by atoms with Crippen molar-refractivity contribution in [1.29, 1.82) is 0 Å². The van der Waals surface area contributed by atoms with Gasteiger partial charge in [-0.2, -0.15) is 5.10 Å². The van der Waals surface area contributed by atoms with Gasteiger partial charge in [0.2, 0.25) is 5.91 Å². The van der Waals surface area contributed by atoms with E-state index in [9.17, 15) is 18.4 Å². The van der Waals surface area contributed by atoms with E-state index in [1.54, 1.807) is 6.08 Å². The van der Waals surface area contributed by atoms with Crippen molar-refractivity contribution in [3.63, 3.8) is 0 Å². The third-order valence-electron chi connectivity index (χ3n) is 8.12. The van der Waals surface area contributed by atoms with Gasteiger partial charge in [0.05, 0.1) is 19.7 Å². The molecule has 1 heterocycles. The van der Waals surface area contributed by atoms with Crippen molar-refractivity contribution in [3.8, 4) is 5.75 Å². The molecule has 5 N–H and O–H groups in total. The molecule has 2 saturated carbocycles. The largest absolute Gasteiger partial charge is 0.491 e. The van der Waals surface area contributed by atoms with E-state index in [-0.39, 0.29) is 47.4 Å².